The Morgan fingerprint density at radius 3 is 2.48 bits per heavy atom. The van der Waals surface area contributed by atoms with E-state index in [4.69, 9.17) is 10.2 Å². The van der Waals surface area contributed by atoms with Crippen LogP contribution < -0.4 is 10.5 Å². The summed E-state index contributed by atoms with van der Waals surface area (Å²) in [7, 11) is -3.32. The number of oxazole rings is 1. The maximum absolute atomic E-state index is 11.3. The van der Waals surface area contributed by atoms with Crippen molar-refractivity contribution in [3.8, 4) is 22.6 Å². The number of benzene rings is 2. The summed E-state index contributed by atoms with van der Waals surface area (Å²) in [4.78, 5) is 8.72. The topological polar surface area (TPSA) is 111 Å². The number of aromatic nitrogens is 2. The zero-order valence-electron chi connectivity index (χ0n) is 14.4. The first-order valence-electron chi connectivity index (χ1n) is 8.09. The van der Waals surface area contributed by atoms with Gasteiger partial charge in [0, 0.05) is 17.4 Å². The zero-order chi connectivity index (χ0) is 19.0. The summed E-state index contributed by atoms with van der Waals surface area (Å²) in [6.45, 7) is 0. The van der Waals surface area contributed by atoms with Crippen LogP contribution in [0.15, 0.2) is 65.2 Å². The maximum Gasteiger partial charge on any atom is 0.231 e. The molecule has 3 N–H and O–H groups in total. The lowest BCUT2D eigenvalue weighted by Crippen LogP contribution is -2.09. The van der Waals surface area contributed by atoms with E-state index in [1.54, 1.807) is 30.5 Å². The van der Waals surface area contributed by atoms with Crippen LogP contribution in [0.4, 0.5) is 11.5 Å². The summed E-state index contributed by atoms with van der Waals surface area (Å²) < 4.78 is 30.9. The third kappa shape index (κ3) is 3.61. The first-order chi connectivity index (χ1) is 12.9. The fourth-order valence-corrected chi connectivity index (χ4v) is 3.30. The van der Waals surface area contributed by atoms with Crippen LogP contribution in [0.5, 0.6) is 0 Å². The Kier molecular flexibility index (Phi) is 4.04. The molecule has 0 saturated heterocycles. The van der Waals surface area contributed by atoms with Crippen molar-refractivity contribution in [3.63, 3.8) is 0 Å². The highest BCUT2D eigenvalue weighted by molar-refractivity contribution is 7.92. The fourth-order valence-electron chi connectivity index (χ4n) is 2.74. The first-order valence-corrected chi connectivity index (χ1v) is 9.98. The number of hydrogen-bond donors (Lipinski definition) is 2. The Bertz CT molecular complexity index is 1200. The van der Waals surface area contributed by atoms with Gasteiger partial charge in [0.25, 0.3) is 0 Å². The van der Waals surface area contributed by atoms with Gasteiger partial charge < -0.3 is 10.2 Å². The molecule has 0 amide bonds. The largest absolute Gasteiger partial charge is 0.436 e. The van der Waals surface area contributed by atoms with E-state index in [9.17, 15) is 8.42 Å². The highest BCUT2D eigenvalue weighted by atomic mass is 32.2. The van der Waals surface area contributed by atoms with Crippen molar-refractivity contribution in [2.75, 3.05) is 16.7 Å². The molecule has 0 unspecified atom stereocenters. The average molecular weight is 380 g/mol. The van der Waals surface area contributed by atoms with Crippen molar-refractivity contribution in [2.45, 2.75) is 0 Å². The zero-order valence-corrected chi connectivity index (χ0v) is 15.2. The van der Waals surface area contributed by atoms with Crippen LogP contribution in [-0.2, 0) is 10.0 Å². The number of nitrogen functional groups attached to an aromatic ring is 1. The number of fused-ring (bicyclic) bond motifs is 1. The molecule has 0 aliphatic rings. The van der Waals surface area contributed by atoms with Gasteiger partial charge in [0.15, 0.2) is 5.58 Å². The predicted molar refractivity (Wildman–Crippen MR) is 106 cm³/mol. The summed E-state index contributed by atoms with van der Waals surface area (Å²) in [5.74, 6) is 0.721. The van der Waals surface area contributed by atoms with Crippen molar-refractivity contribution < 1.29 is 12.8 Å². The molecular formula is C19H16N4O3S. The van der Waals surface area contributed by atoms with Crippen molar-refractivity contribution in [3.05, 3.63) is 60.8 Å². The van der Waals surface area contributed by atoms with E-state index in [0.717, 1.165) is 22.9 Å². The summed E-state index contributed by atoms with van der Waals surface area (Å²) in [6.07, 6.45) is 2.76. The molecule has 2 heterocycles. The van der Waals surface area contributed by atoms with Crippen LogP contribution in [0.2, 0.25) is 0 Å². The van der Waals surface area contributed by atoms with E-state index < -0.39 is 10.0 Å². The van der Waals surface area contributed by atoms with E-state index >= 15 is 0 Å². The second-order valence-electron chi connectivity index (χ2n) is 6.10. The standard InChI is InChI=1S/C19H16N4O3S/c1-27(24,25)23-14-8-6-12(7-9-14)13-10-15(18(20)21-11-13)19-22-16-4-2-3-5-17(16)26-19/h2-11,23H,1H3,(H2,20,21). The number of para-hydroxylation sites is 2. The van der Waals surface area contributed by atoms with E-state index in [1.165, 1.54) is 0 Å². The van der Waals surface area contributed by atoms with Crippen molar-refractivity contribution >= 4 is 32.6 Å². The molecule has 0 saturated carbocycles. The molecule has 4 rings (SSSR count). The monoisotopic (exact) mass is 380 g/mol. The maximum atomic E-state index is 11.3. The van der Waals surface area contributed by atoms with E-state index in [1.807, 2.05) is 30.3 Å². The van der Waals surface area contributed by atoms with Crippen LogP contribution in [0.1, 0.15) is 0 Å². The summed E-state index contributed by atoms with van der Waals surface area (Å²) in [6, 6.07) is 16.3. The Morgan fingerprint density at radius 2 is 1.78 bits per heavy atom. The number of pyridine rings is 1. The van der Waals surface area contributed by atoms with Gasteiger partial charge in [-0.3, -0.25) is 4.72 Å². The molecule has 0 spiro atoms. The molecule has 0 aliphatic carbocycles. The van der Waals surface area contributed by atoms with Gasteiger partial charge in [0.1, 0.15) is 11.3 Å². The highest BCUT2D eigenvalue weighted by Gasteiger charge is 2.13. The normalized spacial score (nSPS) is 11.6. The van der Waals surface area contributed by atoms with Gasteiger partial charge in [-0.1, -0.05) is 24.3 Å². The van der Waals surface area contributed by atoms with Gasteiger partial charge in [-0.25, -0.2) is 18.4 Å². The summed E-state index contributed by atoms with van der Waals surface area (Å²) in [5, 5.41) is 0. The summed E-state index contributed by atoms with van der Waals surface area (Å²) in [5.41, 5.74) is 10.2. The van der Waals surface area contributed by atoms with E-state index in [-0.39, 0.29) is 0 Å². The molecule has 0 aliphatic heterocycles. The lowest BCUT2D eigenvalue weighted by Gasteiger charge is -2.08. The molecule has 0 radical (unpaired) electrons. The van der Waals surface area contributed by atoms with Gasteiger partial charge >= 0.3 is 0 Å². The number of nitrogens with zero attached hydrogens (tertiary/aromatic N) is 2. The number of hydrogen-bond acceptors (Lipinski definition) is 6. The van der Waals surface area contributed by atoms with Crippen molar-refractivity contribution in [1.29, 1.82) is 0 Å². The SMILES string of the molecule is CS(=O)(=O)Nc1ccc(-c2cnc(N)c(-c3nc4ccccc4o3)c2)cc1. The second-order valence-corrected chi connectivity index (χ2v) is 7.84. The van der Waals surface area contributed by atoms with Crippen LogP contribution in [0.3, 0.4) is 0 Å². The Labute approximate surface area is 155 Å². The molecular weight excluding hydrogens is 364 g/mol. The van der Waals surface area contributed by atoms with Crippen LogP contribution >= 0.6 is 0 Å². The van der Waals surface area contributed by atoms with Gasteiger partial charge in [-0.05, 0) is 35.9 Å². The molecule has 136 valence electrons. The predicted octanol–water partition coefficient (Wildman–Crippen LogP) is 3.51. The molecule has 0 atom stereocenters. The number of nitrogens with two attached hydrogens (primary N) is 1. The number of rotatable bonds is 4. The molecule has 27 heavy (non-hydrogen) atoms. The molecule has 2 aromatic carbocycles. The van der Waals surface area contributed by atoms with Gasteiger partial charge in [0.2, 0.25) is 15.9 Å². The fraction of sp³-hybridized carbons (Fsp3) is 0.0526. The average Bonchev–Trinajstić information content (AvgIpc) is 3.05. The van der Waals surface area contributed by atoms with Gasteiger partial charge in [0.05, 0.1) is 11.8 Å². The first kappa shape index (κ1) is 17.0. The van der Waals surface area contributed by atoms with Crippen LogP contribution in [0, 0.1) is 0 Å². The molecule has 0 bridgehead atoms. The lowest BCUT2D eigenvalue weighted by atomic mass is 10.1. The smallest absolute Gasteiger partial charge is 0.231 e. The molecule has 4 aromatic rings. The minimum atomic E-state index is -3.32. The highest BCUT2D eigenvalue weighted by Crippen LogP contribution is 2.31. The molecule has 0 fully saturated rings. The van der Waals surface area contributed by atoms with E-state index in [0.29, 0.717) is 28.5 Å². The van der Waals surface area contributed by atoms with E-state index in [2.05, 4.69) is 14.7 Å². The van der Waals surface area contributed by atoms with Gasteiger partial charge in [-0.15, -0.1) is 0 Å². The quantitative estimate of drug-likeness (QED) is 0.560. The Balaban J connectivity index is 1.72. The van der Waals surface area contributed by atoms with Crippen LogP contribution in [-0.4, -0.2) is 24.6 Å². The summed E-state index contributed by atoms with van der Waals surface area (Å²) >= 11 is 0. The second kappa shape index (κ2) is 6.40. The minimum Gasteiger partial charge on any atom is -0.436 e. The molecule has 2 aromatic heterocycles. The van der Waals surface area contributed by atoms with Gasteiger partial charge in [-0.2, -0.15) is 0 Å². The Hall–Kier alpha value is -3.39. The third-order valence-corrected chi connectivity index (χ3v) is 4.57. The Morgan fingerprint density at radius 1 is 1.04 bits per heavy atom. The van der Waals surface area contributed by atoms with Crippen molar-refractivity contribution in [2.24, 2.45) is 0 Å². The minimum absolute atomic E-state index is 0.320. The van der Waals surface area contributed by atoms with Crippen molar-refractivity contribution in [1.82, 2.24) is 9.97 Å². The van der Waals surface area contributed by atoms with Crippen LogP contribution in [0.25, 0.3) is 33.7 Å². The number of anilines is 2. The number of sulfonamides is 1. The lowest BCUT2D eigenvalue weighted by molar-refractivity contribution is 0.606. The third-order valence-electron chi connectivity index (χ3n) is 3.96. The number of nitrogens with one attached hydrogen (secondary N) is 1. The molecule has 8 heteroatoms. The molecule has 7 nitrogen and oxygen atoms in total.